The van der Waals surface area contributed by atoms with E-state index < -0.39 is 11.9 Å². The van der Waals surface area contributed by atoms with E-state index in [0.717, 1.165) is 23.3 Å². The van der Waals surface area contributed by atoms with Gasteiger partial charge in [0.1, 0.15) is 17.2 Å². The van der Waals surface area contributed by atoms with Gasteiger partial charge in [-0.05, 0) is 60.4 Å². The molecule has 0 aliphatic heterocycles. The van der Waals surface area contributed by atoms with Crippen molar-refractivity contribution in [2.45, 2.75) is 32.7 Å². The Balaban J connectivity index is 1.64. The fourth-order valence-electron chi connectivity index (χ4n) is 3.58. The Bertz CT molecular complexity index is 1060. The van der Waals surface area contributed by atoms with Crippen molar-refractivity contribution in [2.24, 2.45) is 5.92 Å². The van der Waals surface area contributed by atoms with Crippen molar-refractivity contribution in [3.63, 3.8) is 0 Å². The fourth-order valence-corrected chi connectivity index (χ4v) is 3.58. The number of benzene rings is 3. The quantitative estimate of drug-likeness (QED) is 0.408. The summed E-state index contributed by atoms with van der Waals surface area (Å²) in [6.07, 6.45) is 1.75. The Hall–Kier alpha value is -3.80. The number of rotatable bonds is 11. The summed E-state index contributed by atoms with van der Waals surface area (Å²) >= 11 is 0. The van der Waals surface area contributed by atoms with Crippen LogP contribution in [0, 0.1) is 5.92 Å². The van der Waals surface area contributed by atoms with Gasteiger partial charge >= 0.3 is 5.97 Å². The molecule has 172 valence electrons. The van der Waals surface area contributed by atoms with Crippen molar-refractivity contribution in [3.05, 3.63) is 89.5 Å². The number of hydrogen-bond donors (Lipinski definition) is 2. The molecule has 3 aromatic rings. The lowest BCUT2D eigenvalue weighted by atomic mass is 9.94. The maximum absolute atomic E-state index is 12.9. The first-order chi connectivity index (χ1) is 16.0. The summed E-state index contributed by atoms with van der Waals surface area (Å²) in [4.78, 5) is 24.4. The lowest BCUT2D eigenvalue weighted by Gasteiger charge is -2.14. The number of carbonyl (C=O) groups is 2. The zero-order chi connectivity index (χ0) is 23.6. The molecule has 0 aromatic heterocycles. The number of methoxy groups -OCH3 is 1. The molecule has 0 fully saturated rings. The zero-order valence-electron chi connectivity index (χ0n) is 18.9. The molecule has 0 heterocycles. The van der Waals surface area contributed by atoms with E-state index in [1.807, 2.05) is 67.6 Å². The van der Waals surface area contributed by atoms with Crippen molar-refractivity contribution in [3.8, 4) is 17.2 Å². The average molecular weight is 448 g/mol. The molecule has 0 bridgehead atoms. The standard InChI is InChI=1S/C27H29NO5/c1-3-7-21(27(30)31)16-20-12-15-25(32-2)24(17-20)26(29)28-18-19-10-13-23(14-11-19)33-22-8-5-4-6-9-22/h4-6,8-15,17,21H,3,7,16,18H2,1-2H3,(H,28,29)(H,30,31)/t21-/m0/s1. The number of ether oxygens (including phenoxy) is 2. The van der Waals surface area contributed by atoms with Crippen LogP contribution in [0.5, 0.6) is 17.2 Å². The number of carboxylic acids is 1. The van der Waals surface area contributed by atoms with Crippen LogP contribution < -0.4 is 14.8 Å². The van der Waals surface area contributed by atoms with Gasteiger partial charge in [-0.3, -0.25) is 9.59 Å². The summed E-state index contributed by atoms with van der Waals surface area (Å²) in [5.41, 5.74) is 2.11. The third-order valence-corrected chi connectivity index (χ3v) is 5.33. The fraction of sp³-hybridized carbons (Fsp3) is 0.259. The van der Waals surface area contributed by atoms with E-state index in [4.69, 9.17) is 9.47 Å². The number of nitrogens with one attached hydrogen (secondary N) is 1. The molecule has 1 atom stereocenters. The third kappa shape index (κ3) is 6.84. The molecule has 2 N–H and O–H groups in total. The van der Waals surface area contributed by atoms with Crippen molar-refractivity contribution in [1.82, 2.24) is 5.32 Å². The lowest BCUT2D eigenvalue weighted by molar-refractivity contribution is -0.141. The number of hydrogen-bond acceptors (Lipinski definition) is 4. The van der Waals surface area contributed by atoms with Crippen molar-refractivity contribution in [2.75, 3.05) is 7.11 Å². The highest BCUT2D eigenvalue weighted by Crippen LogP contribution is 2.24. The first-order valence-electron chi connectivity index (χ1n) is 11.0. The van der Waals surface area contributed by atoms with Crippen LogP contribution in [0.4, 0.5) is 0 Å². The molecule has 0 unspecified atom stereocenters. The average Bonchev–Trinajstić information content (AvgIpc) is 2.83. The van der Waals surface area contributed by atoms with Gasteiger partial charge in [0.15, 0.2) is 0 Å². The molecule has 0 aliphatic rings. The largest absolute Gasteiger partial charge is 0.496 e. The summed E-state index contributed by atoms with van der Waals surface area (Å²) in [7, 11) is 1.51. The molecular weight excluding hydrogens is 418 g/mol. The van der Waals surface area contributed by atoms with Crippen LogP contribution in [0.25, 0.3) is 0 Å². The number of carboxylic acid groups (broad SMARTS) is 1. The highest BCUT2D eigenvalue weighted by molar-refractivity contribution is 5.97. The summed E-state index contributed by atoms with van der Waals surface area (Å²) in [6, 6.07) is 22.3. The highest BCUT2D eigenvalue weighted by atomic mass is 16.5. The molecule has 1 amide bonds. The second-order valence-electron chi connectivity index (χ2n) is 7.80. The van der Waals surface area contributed by atoms with E-state index in [1.165, 1.54) is 7.11 Å². The molecule has 3 rings (SSSR count). The van der Waals surface area contributed by atoms with Crippen LogP contribution in [0.3, 0.4) is 0 Å². The van der Waals surface area contributed by atoms with Gasteiger partial charge in [0.25, 0.3) is 5.91 Å². The predicted octanol–water partition coefficient (Wildman–Crippen LogP) is 5.46. The minimum absolute atomic E-state index is 0.277. The van der Waals surface area contributed by atoms with E-state index >= 15 is 0 Å². The first-order valence-corrected chi connectivity index (χ1v) is 11.0. The Morgan fingerprint density at radius 2 is 1.61 bits per heavy atom. The molecule has 6 nitrogen and oxygen atoms in total. The summed E-state index contributed by atoms with van der Waals surface area (Å²) in [5, 5.41) is 12.4. The number of carbonyl (C=O) groups excluding carboxylic acids is 1. The highest BCUT2D eigenvalue weighted by Gasteiger charge is 2.19. The van der Waals surface area contributed by atoms with E-state index in [1.54, 1.807) is 12.1 Å². The minimum Gasteiger partial charge on any atom is -0.496 e. The van der Waals surface area contributed by atoms with E-state index in [9.17, 15) is 14.7 Å². The van der Waals surface area contributed by atoms with Crippen LogP contribution in [0.2, 0.25) is 0 Å². The Morgan fingerprint density at radius 1 is 0.939 bits per heavy atom. The molecule has 0 aliphatic carbocycles. The number of amides is 1. The molecule has 33 heavy (non-hydrogen) atoms. The maximum atomic E-state index is 12.9. The van der Waals surface area contributed by atoms with Gasteiger partial charge in [-0.2, -0.15) is 0 Å². The normalized spacial score (nSPS) is 11.5. The van der Waals surface area contributed by atoms with Gasteiger partial charge in [-0.15, -0.1) is 0 Å². The van der Waals surface area contributed by atoms with Gasteiger partial charge in [0.05, 0.1) is 18.6 Å². The number of aliphatic carboxylic acids is 1. The van der Waals surface area contributed by atoms with Crippen LogP contribution in [-0.4, -0.2) is 24.1 Å². The van der Waals surface area contributed by atoms with Crippen molar-refractivity contribution >= 4 is 11.9 Å². The number of para-hydroxylation sites is 1. The molecule has 0 radical (unpaired) electrons. The first kappa shape index (κ1) is 23.9. The smallest absolute Gasteiger partial charge is 0.306 e. The zero-order valence-corrected chi connectivity index (χ0v) is 18.9. The van der Waals surface area contributed by atoms with E-state index in [2.05, 4.69) is 5.32 Å². The van der Waals surface area contributed by atoms with Gasteiger partial charge < -0.3 is 19.9 Å². The van der Waals surface area contributed by atoms with E-state index in [-0.39, 0.29) is 5.91 Å². The molecule has 0 spiro atoms. The topological polar surface area (TPSA) is 84.9 Å². The maximum Gasteiger partial charge on any atom is 0.306 e. The van der Waals surface area contributed by atoms with Crippen LogP contribution in [0.1, 0.15) is 41.3 Å². The Morgan fingerprint density at radius 3 is 2.24 bits per heavy atom. The van der Waals surface area contributed by atoms with Gasteiger partial charge in [0, 0.05) is 6.54 Å². The lowest BCUT2D eigenvalue weighted by Crippen LogP contribution is -2.24. The molecule has 0 saturated heterocycles. The van der Waals surface area contributed by atoms with Gasteiger partial charge in [0.2, 0.25) is 0 Å². The monoisotopic (exact) mass is 447 g/mol. The van der Waals surface area contributed by atoms with Crippen LogP contribution in [0.15, 0.2) is 72.8 Å². The predicted molar refractivity (Wildman–Crippen MR) is 127 cm³/mol. The summed E-state index contributed by atoms with van der Waals surface area (Å²) in [5.74, 6) is 0.348. The van der Waals surface area contributed by atoms with Crippen LogP contribution in [-0.2, 0) is 17.8 Å². The van der Waals surface area contributed by atoms with Crippen molar-refractivity contribution < 1.29 is 24.2 Å². The Kier molecular flexibility index (Phi) is 8.47. The second-order valence-corrected chi connectivity index (χ2v) is 7.80. The van der Waals surface area contributed by atoms with E-state index in [0.29, 0.717) is 36.4 Å². The van der Waals surface area contributed by atoms with Gasteiger partial charge in [-0.1, -0.05) is 49.7 Å². The van der Waals surface area contributed by atoms with Crippen LogP contribution >= 0.6 is 0 Å². The minimum atomic E-state index is -0.821. The molecule has 3 aromatic carbocycles. The van der Waals surface area contributed by atoms with Gasteiger partial charge in [-0.25, -0.2) is 0 Å². The Labute approximate surface area is 194 Å². The second kappa shape index (κ2) is 11.7. The summed E-state index contributed by atoms with van der Waals surface area (Å²) in [6.45, 7) is 2.30. The third-order valence-electron chi connectivity index (χ3n) is 5.33. The SMILES string of the molecule is CCC[C@@H](Cc1ccc(OC)c(C(=O)NCc2ccc(Oc3ccccc3)cc2)c1)C(=O)O. The summed E-state index contributed by atoms with van der Waals surface area (Å²) < 4.78 is 11.1. The molecular formula is C27H29NO5. The molecule has 6 heteroatoms. The van der Waals surface area contributed by atoms with Crippen molar-refractivity contribution in [1.29, 1.82) is 0 Å². The molecule has 0 saturated carbocycles.